The average Bonchev–Trinajstić information content (AvgIpc) is 3.37. The highest BCUT2D eigenvalue weighted by Crippen LogP contribution is 2.19. The standard InChI is InChI=1S/C29H37N5O6S/c1-3-16(2)25(29(39)40)34-28(38)24(15-41)33-27(37)23(13-18-14-31-22-7-5-4-6-20(18)22)32-26(36)21(30)12-17-8-10-19(35)11-9-17/h4-11,14,16,21,23-25,31,35,41H,3,12-13,15,30H2,1-2H3,(H,32,36)(H,33,37)(H,34,38)(H,39,40). The number of aromatic hydroxyl groups is 1. The lowest BCUT2D eigenvalue weighted by atomic mass is 9.99. The van der Waals surface area contributed by atoms with Crippen LogP contribution in [0.4, 0.5) is 0 Å². The van der Waals surface area contributed by atoms with Crippen molar-refractivity contribution >= 4 is 47.2 Å². The van der Waals surface area contributed by atoms with Gasteiger partial charge in [-0.15, -0.1) is 0 Å². The van der Waals surface area contributed by atoms with Crippen molar-refractivity contribution in [3.8, 4) is 5.75 Å². The van der Waals surface area contributed by atoms with Crippen LogP contribution in [0.3, 0.4) is 0 Å². The van der Waals surface area contributed by atoms with E-state index in [2.05, 4.69) is 33.6 Å². The van der Waals surface area contributed by atoms with Gasteiger partial charge in [0.25, 0.3) is 0 Å². The monoisotopic (exact) mass is 583 g/mol. The molecule has 3 amide bonds. The molecule has 1 heterocycles. The Bertz CT molecular complexity index is 1360. The number of aromatic amines is 1. The van der Waals surface area contributed by atoms with Gasteiger partial charge in [-0.05, 0) is 41.7 Å². The number of aromatic nitrogens is 1. The first-order chi connectivity index (χ1) is 19.5. The predicted octanol–water partition coefficient (Wildman–Crippen LogP) is 1.50. The van der Waals surface area contributed by atoms with Crippen LogP contribution in [0.1, 0.15) is 31.4 Å². The van der Waals surface area contributed by atoms with Gasteiger partial charge in [0.2, 0.25) is 17.7 Å². The third kappa shape index (κ3) is 8.48. The van der Waals surface area contributed by atoms with Crippen molar-refractivity contribution in [2.24, 2.45) is 11.7 Å². The van der Waals surface area contributed by atoms with Gasteiger partial charge in [-0.2, -0.15) is 12.6 Å². The zero-order valence-corrected chi connectivity index (χ0v) is 23.9. The van der Waals surface area contributed by atoms with E-state index in [0.29, 0.717) is 6.42 Å². The molecule has 5 atom stereocenters. The molecule has 2 aromatic carbocycles. The quantitative estimate of drug-likeness (QED) is 0.132. The van der Waals surface area contributed by atoms with Crippen LogP contribution in [0.5, 0.6) is 5.75 Å². The van der Waals surface area contributed by atoms with E-state index in [1.807, 2.05) is 31.2 Å². The highest BCUT2D eigenvalue weighted by Gasteiger charge is 2.32. The molecule has 1 aromatic heterocycles. The summed E-state index contributed by atoms with van der Waals surface area (Å²) in [6, 6.07) is 9.41. The molecule has 0 bridgehead atoms. The van der Waals surface area contributed by atoms with Crippen molar-refractivity contribution in [2.75, 3.05) is 5.75 Å². The van der Waals surface area contributed by atoms with Crippen LogP contribution in [0.2, 0.25) is 0 Å². The molecule has 0 aliphatic carbocycles. The van der Waals surface area contributed by atoms with E-state index in [9.17, 15) is 29.4 Å². The number of H-pyrrole nitrogens is 1. The number of carboxylic acid groups (broad SMARTS) is 1. The molecule has 11 nitrogen and oxygen atoms in total. The number of thiol groups is 1. The van der Waals surface area contributed by atoms with Crippen molar-refractivity contribution in [2.45, 2.75) is 57.3 Å². The normalized spacial score (nSPS) is 14.8. The van der Waals surface area contributed by atoms with E-state index in [-0.39, 0.29) is 30.3 Å². The van der Waals surface area contributed by atoms with Gasteiger partial charge in [0.05, 0.1) is 6.04 Å². The Morgan fingerprint density at radius 1 is 0.927 bits per heavy atom. The molecule has 3 aromatic rings. The number of nitrogens with two attached hydrogens (primary N) is 1. The molecule has 0 saturated heterocycles. The summed E-state index contributed by atoms with van der Waals surface area (Å²) < 4.78 is 0. The molecule has 0 aliphatic heterocycles. The minimum atomic E-state index is -1.18. The number of carboxylic acids is 1. The number of fused-ring (bicyclic) bond motifs is 1. The number of phenolic OH excluding ortho intramolecular Hbond substituents is 1. The number of phenols is 1. The molecule has 0 spiro atoms. The third-order valence-corrected chi connectivity index (χ3v) is 7.42. The molecule has 8 N–H and O–H groups in total. The lowest BCUT2D eigenvalue weighted by molar-refractivity contribution is -0.143. The fraction of sp³-hybridized carbons (Fsp3) is 0.379. The Kier molecular flexibility index (Phi) is 11.2. The fourth-order valence-electron chi connectivity index (χ4n) is 4.39. The first-order valence-electron chi connectivity index (χ1n) is 13.4. The molecule has 0 aliphatic rings. The minimum absolute atomic E-state index is 0.0869. The highest BCUT2D eigenvalue weighted by molar-refractivity contribution is 7.80. The number of amides is 3. The Morgan fingerprint density at radius 2 is 1.56 bits per heavy atom. The van der Waals surface area contributed by atoms with Crippen molar-refractivity contribution in [3.05, 3.63) is 65.9 Å². The topological polar surface area (TPSA) is 187 Å². The van der Waals surface area contributed by atoms with E-state index in [1.54, 1.807) is 25.3 Å². The molecule has 12 heteroatoms. The number of rotatable bonds is 14. The summed E-state index contributed by atoms with van der Waals surface area (Å²) >= 11 is 4.20. The number of hydrogen-bond donors (Lipinski definition) is 8. The average molecular weight is 584 g/mol. The molecule has 0 radical (unpaired) electrons. The zero-order chi connectivity index (χ0) is 30.1. The van der Waals surface area contributed by atoms with E-state index in [0.717, 1.165) is 22.0 Å². The molecular weight excluding hydrogens is 546 g/mol. The van der Waals surface area contributed by atoms with Crippen LogP contribution in [-0.2, 0) is 32.0 Å². The summed E-state index contributed by atoms with van der Waals surface area (Å²) in [5, 5.41) is 27.7. The SMILES string of the molecule is CCC(C)C(NC(=O)C(CS)NC(=O)C(Cc1c[nH]c2ccccc12)NC(=O)C(N)Cc1ccc(O)cc1)C(=O)O. The smallest absolute Gasteiger partial charge is 0.326 e. The molecule has 5 unspecified atom stereocenters. The van der Waals surface area contributed by atoms with Gasteiger partial charge in [-0.3, -0.25) is 14.4 Å². The van der Waals surface area contributed by atoms with Gasteiger partial charge in [0.15, 0.2) is 0 Å². The highest BCUT2D eigenvalue weighted by atomic mass is 32.1. The summed E-state index contributed by atoms with van der Waals surface area (Å²) in [5.41, 5.74) is 8.50. The second kappa shape index (κ2) is 14.6. The van der Waals surface area contributed by atoms with Crippen molar-refractivity contribution in [3.63, 3.8) is 0 Å². The molecule has 3 rings (SSSR count). The number of carbonyl (C=O) groups excluding carboxylic acids is 3. The van der Waals surface area contributed by atoms with Gasteiger partial charge < -0.3 is 36.9 Å². The number of aliphatic carboxylic acids is 1. The Balaban J connectivity index is 1.79. The Morgan fingerprint density at radius 3 is 2.20 bits per heavy atom. The van der Waals surface area contributed by atoms with Crippen LogP contribution < -0.4 is 21.7 Å². The largest absolute Gasteiger partial charge is 0.508 e. The van der Waals surface area contributed by atoms with Gasteiger partial charge in [0, 0.05) is 29.3 Å². The van der Waals surface area contributed by atoms with Gasteiger partial charge in [-0.1, -0.05) is 50.6 Å². The van der Waals surface area contributed by atoms with Crippen LogP contribution in [0.25, 0.3) is 10.9 Å². The van der Waals surface area contributed by atoms with Crippen molar-refractivity contribution in [1.29, 1.82) is 0 Å². The van der Waals surface area contributed by atoms with Crippen molar-refractivity contribution in [1.82, 2.24) is 20.9 Å². The summed E-state index contributed by atoms with van der Waals surface area (Å²) in [6.07, 6.45) is 2.54. The number of benzene rings is 2. The third-order valence-electron chi connectivity index (χ3n) is 7.05. The maximum Gasteiger partial charge on any atom is 0.326 e. The Labute approximate surface area is 243 Å². The van der Waals surface area contributed by atoms with Crippen LogP contribution in [0, 0.1) is 5.92 Å². The molecule has 41 heavy (non-hydrogen) atoms. The van der Waals surface area contributed by atoms with Gasteiger partial charge in [-0.25, -0.2) is 4.79 Å². The lowest BCUT2D eigenvalue weighted by Gasteiger charge is -2.26. The van der Waals surface area contributed by atoms with Gasteiger partial charge >= 0.3 is 5.97 Å². The maximum atomic E-state index is 13.5. The Hall–Kier alpha value is -4.03. The second-order valence-corrected chi connectivity index (χ2v) is 10.4. The van der Waals surface area contributed by atoms with E-state index >= 15 is 0 Å². The van der Waals surface area contributed by atoms with E-state index in [1.165, 1.54) is 12.1 Å². The zero-order valence-electron chi connectivity index (χ0n) is 23.0. The molecule has 220 valence electrons. The number of nitrogens with one attached hydrogen (secondary N) is 4. The predicted molar refractivity (Wildman–Crippen MR) is 159 cm³/mol. The summed E-state index contributed by atoms with van der Waals surface area (Å²) in [5.74, 6) is -3.44. The van der Waals surface area contributed by atoms with E-state index < -0.39 is 47.9 Å². The van der Waals surface area contributed by atoms with Crippen LogP contribution in [0.15, 0.2) is 54.7 Å². The van der Waals surface area contributed by atoms with E-state index in [4.69, 9.17) is 5.73 Å². The summed E-state index contributed by atoms with van der Waals surface area (Å²) in [7, 11) is 0. The van der Waals surface area contributed by atoms with Crippen molar-refractivity contribution < 1.29 is 29.4 Å². The fourth-order valence-corrected chi connectivity index (χ4v) is 4.65. The maximum absolute atomic E-state index is 13.5. The first-order valence-corrected chi connectivity index (χ1v) is 14.0. The number of carbonyl (C=O) groups is 4. The molecule has 0 saturated carbocycles. The number of hydrogen-bond acceptors (Lipinski definition) is 7. The summed E-state index contributed by atoms with van der Waals surface area (Å²) in [4.78, 5) is 54.4. The van der Waals surface area contributed by atoms with Crippen LogP contribution >= 0.6 is 12.6 Å². The molecule has 0 fully saturated rings. The second-order valence-electron chi connectivity index (χ2n) is 10.1. The minimum Gasteiger partial charge on any atom is -0.508 e. The van der Waals surface area contributed by atoms with Crippen LogP contribution in [-0.4, -0.2) is 68.8 Å². The number of para-hydroxylation sites is 1. The first kappa shape index (κ1) is 31.5. The van der Waals surface area contributed by atoms with Gasteiger partial charge in [0.1, 0.15) is 23.9 Å². The summed E-state index contributed by atoms with van der Waals surface area (Å²) in [6.45, 7) is 3.52. The molecular formula is C29H37N5O6S. The lowest BCUT2D eigenvalue weighted by Crippen LogP contribution is -2.58.